The van der Waals surface area contributed by atoms with E-state index < -0.39 is 58.3 Å². The number of quaternary nitrogens is 1. The molecule has 258 valence electrons. The van der Waals surface area contributed by atoms with Gasteiger partial charge < -0.3 is 14.1 Å². The average Bonchev–Trinajstić information content (AvgIpc) is 3.40. The first-order valence-electron chi connectivity index (χ1n) is 16.9. The normalized spacial score (nSPS) is 21.3. The molecule has 0 spiro atoms. The molecule has 5 aromatic rings. The third kappa shape index (κ3) is 5.08. The second-order valence-electron chi connectivity index (χ2n) is 15.5. The van der Waals surface area contributed by atoms with E-state index in [4.69, 9.17) is 9.31 Å². The van der Waals surface area contributed by atoms with Crippen LogP contribution in [-0.4, -0.2) is 6.69 Å². The van der Waals surface area contributed by atoms with Gasteiger partial charge in [-0.25, -0.2) is 22.0 Å². The Hall–Kier alpha value is -4.47. The van der Waals surface area contributed by atoms with E-state index in [1.165, 1.54) is 0 Å². The minimum Gasteiger partial charge on any atom is -0.637 e. The molecule has 3 atom stereocenters. The van der Waals surface area contributed by atoms with Gasteiger partial charge in [0, 0.05) is 16.6 Å². The summed E-state index contributed by atoms with van der Waals surface area (Å²) >= 11 is 0. The van der Waals surface area contributed by atoms with Gasteiger partial charge in [-0.05, 0) is 39.2 Å². The van der Waals surface area contributed by atoms with E-state index in [-0.39, 0.29) is 12.0 Å². The molecule has 1 fully saturated rings. The summed E-state index contributed by atoms with van der Waals surface area (Å²) in [7, 11) is 0. The molecule has 0 radical (unpaired) electrons. The van der Waals surface area contributed by atoms with E-state index in [9.17, 15) is 4.39 Å². The zero-order valence-electron chi connectivity index (χ0n) is 28.9. The summed E-state index contributed by atoms with van der Waals surface area (Å²) in [5.74, 6) is -9.99. The zero-order valence-corrected chi connectivity index (χ0v) is 28.9. The number of halogens is 5. The molecule has 1 saturated heterocycles. The summed E-state index contributed by atoms with van der Waals surface area (Å²) in [5, 5.41) is 0. The first-order chi connectivity index (χ1) is 23.6. The Morgan fingerprint density at radius 1 is 0.640 bits per heavy atom. The van der Waals surface area contributed by atoms with Crippen LogP contribution in [0.2, 0.25) is 0 Å². The van der Waals surface area contributed by atoms with Gasteiger partial charge in [0.25, 0.3) is 0 Å². The maximum Gasteiger partial charge on any atom is 0.562 e. The van der Waals surface area contributed by atoms with Gasteiger partial charge in [-0.2, -0.15) is 0 Å². The Morgan fingerprint density at radius 2 is 1.12 bits per heavy atom. The maximum atomic E-state index is 16.5. The van der Waals surface area contributed by atoms with E-state index in [0.717, 1.165) is 22.3 Å². The van der Waals surface area contributed by atoms with Crippen molar-refractivity contribution in [3.8, 4) is 5.75 Å². The molecule has 3 nitrogen and oxygen atoms in total. The number of hydrogen-bond donors (Lipinski definition) is 1. The molecule has 2 heterocycles. The summed E-state index contributed by atoms with van der Waals surface area (Å²) < 4.78 is 92.6. The van der Waals surface area contributed by atoms with Gasteiger partial charge in [0.05, 0.1) is 12.3 Å². The lowest BCUT2D eigenvalue weighted by Crippen LogP contribution is -3.24. The summed E-state index contributed by atoms with van der Waals surface area (Å²) in [6, 6.07) is 31.1. The fourth-order valence-corrected chi connectivity index (χ4v) is 7.92. The highest BCUT2D eigenvalue weighted by Crippen LogP contribution is 2.51. The van der Waals surface area contributed by atoms with Crippen LogP contribution >= 0.6 is 0 Å². The number of hydrogen-bond acceptors (Lipinski definition) is 2. The molecule has 2 unspecified atom stereocenters. The minimum atomic E-state index is -3.59. The molecule has 0 aliphatic carbocycles. The van der Waals surface area contributed by atoms with Crippen LogP contribution in [0.15, 0.2) is 103 Å². The average molecular weight is 684 g/mol. The predicted molar refractivity (Wildman–Crippen MR) is 185 cm³/mol. The highest BCUT2D eigenvalue weighted by molar-refractivity contribution is 6.75. The third-order valence-electron chi connectivity index (χ3n) is 10.3. The Balaban J connectivity index is 1.66. The SMILES string of the molecule is CC(C)(C)c1cc2c(c(C(C)(C)C)c1)O[B-]1(c3c(F)c(F)c(F)c(F)c3F)OC(c3ccccc3)(c3ccccc3)[C@@H](c3ccccc3)[NH+]1C2. The van der Waals surface area contributed by atoms with E-state index in [1.807, 2.05) is 124 Å². The summed E-state index contributed by atoms with van der Waals surface area (Å²) in [6.45, 7) is 8.80. The number of fused-ring (bicyclic) bond motifs is 2. The fraction of sp³-hybridized carbons (Fsp3) is 0.268. The molecule has 0 amide bonds. The van der Waals surface area contributed by atoms with Crippen molar-refractivity contribution >= 4 is 12.1 Å². The van der Waals surface area contributed by atoms with Crippen LogP contribution in [0.1, 0.15) is 81.0 Å². The van der Waals surface area contributed by atoms with Crippen LogP contribution in [0.4, 0.5) is 22.0 Å². The summed E-state index contributed by atoms with van der Waals surface area (Å²) in [5.41, 5.74) is 1.06. The predicted octanol–water partition coefficient (Wildman–Crippen LogP) is 8.32. The van der Waals surface area contributed by atoms with Crippen LogP contribution in [0, 0.1) is 29.1 Å². The standard InChI is InChI=1S/C41H39BF5NO2/c1-39(2,3)29-22-26-24-48-38(25-16-10-7-11-17-25)41(27-18-12-8-13-19-27,28-20-14-9-15-21-28)50-42(48,49-37(26)30(23-29)40(4,5)6)31-32(43)34(45)36(47)35(46)33(31)44/h7-23,38,48H,24H2,1-6H3/t38-,42?/m1/s1. The topological polar surface area (TPSA) is 22.9 Å². The maximum absolute atomic E-state index is 16.5. The Bertz CT molecular complexity index is 2010. The van der Waals surface area contributed by atoms with Gasteiger partial charge in [-0.15, -0.1) is 0 Å². The smallest absolute Gasteiger partial charge is 0.562 e. The second-order valence-corrected chi connectivity index (χ2v) is 15.5. The highest BCUT2D eigenvalue weighted by Gasteiger charge is 2.69. The van der Waals surface area contributed by atoms with Gasteiger partial charge in [0.2, 0.25) is 0 Å². The molecular weight excluding hydrogens is 644 g/mol. The van der Waals surface area contributed by atoms with Gasteiger partial charge in [0.1, 0.15) is 23.3 Å². The third-order valence-corrected chi connectivity index (χ3v) is 10.3. The highest BCUT2D eigenvalue weighted by atomic mass is 19.2. The van der Waals surface area contributed by atoms with Crippen LogP contribution < -0.4 is 14.9 Å². The molecule has 7 rings (SSSR count). The van der Waals surface area contributed by atoms with Gasteiger partial charge >= 0.3 is 6.69 Å². The Kier molecular flexibility index (Phi) is 8.03. The van der Waals surface area contributed by atoms with Crippen LogP contribution in [0.5, 0.6) is 5.75 Å². The first kappa shape index (κ1) is 34.0. The zero-order chi connectivity index (χ0) is 35.8. The van der Waals surface area contributed by atoms with Crippen molar-refractivity contribution in [2.24, 2.45) is 0 Å². The largest absolute Gasteiger partial charge is 0.637 e. The lowest BCUT2D eigenvalue weighted by molar-refractivity contribution is -0.851. The van der Waals surface area contributed by atoms with Crippen molar-refractivity contribution in [3.05, 3.63) is 166 Å². The minimum absolute atomic E-state index is 0.100. The Labute approximate surface area is 289 Å². The van der Waals surface area contributed by atoms with Crippen molar-refractivity contribution in [2.45, 2.75) is 70.6 Å². The Morgan fingerprint density at radius 3 is 1.60 bits per heavy atom. The molecule has 0 saturated carbocycles. The van der Waals surface area contributed by atoms with E-state index in [2.05, 4.69) is 20.8 Å². The van der Waals surface area contributed by atoms with Gasteiger partial charge in [0.15, 0.2) is 17.5 Å². The summed E-state index contributed by atoms with van der Waals surface area (Å²) in [4.78, 5) is 0.380. The quantitative estimate of drug-likeness (QED) is 0.0892. The van der Waals surface area contributed by atoms with Crippen molar-refractivity contribution in [1.29, 1.82) is 0 Å². The number of nitrogens with one attached hydrogen (secondary N) is 1. The monoisotopic (exact) mass is 683 g/mol. The molecule has 2 aliphatic heterocycles. The van der Waals surface area contributed by atoms with E-state index in [0.29, 0.717) is 21.7 Å². The summed E-state index contributed by atoms with van der Waals surface area (Å²) in [6.07, 6.45) is 0. The van der Waals surface area contributed by atoms with Gasteiger partial charge in [-0.1, -0.05) is 139 Å². The number of benzene rings is 5. The molecule has 2 aliphatic rings. The lowest BCUT2D eigenvalue weighted by Gasteiger charge is -2.48. The van der Waals surface area contributed by atoms with E-state index >= 15 is 17.6 Å². The molecule has 5 aromatic carbocycles. The molecular formula is C41H39BF5NO2. The molecule has 0 aromatic heterocycles. The first-order valence-corrected chi connectivity index (χ1v) is 16.9. The van der Waals surface area contributed by atoms with Crippen LogP contribution in [-0.2, 0) is 27.6 Å². The van der Waals surface area contributed by atoms with Crippen LogP contribution in [0.3, 0.4) is 0 Å². The van der Waals surface area contributed by atoms with Crippen molar-refractivity contribution in [1.82, 2.24) is 0 Å². The molecule has 1 N–H and O–H groups in total. The molecule has 0 bridgehead atoms. The van der Waals surface area contributed by atoms with Gasteiger partial charge in [-0.3, -0.25) is 0 Å². The number of rotatable bonds is 4. The fourth-order valence-electron chi connectivity index (χ4n) is 7.92. The second kappa shape index (κ2) is 11.8. The van der Waals surface area contributed by atoms with Crippen molar-refractivity contribution in [2.75, 3.05) is 0 Å². The molecule has 9 heteroatoms. The molecule has 50 heavy (non-hydrogen) atoms. The van der Waals surface area contributed by atoms with Crippen molar-refractivity contribution < 1.29 is 36.1 Å². The van der Waals surface area contributed by atoms with Crippen LogP contribution in [0.25, 0.3) is 0 Å². The van der Waals surface area contributed by atoms with E-state index in [1.54, 1.807) is 0 Å². The lowest BCUT2D eigenvalue weighted by atomic mass is 9.59. The van der Waals surface area contributed by atoms with Crippen molar-refractivity contribution in [3.63, 3.8) is 0 Å².